The molecule has 0 saturated carbocycles. The van der Waals surface area contributed by atoms with Gasteiger partial charge in [0.05, 0.1) is 4.47 Å². The van der Waals surface area contributed by atoms with Crippen LogP contribution in [0.15, 0.2) is 44.9 Å². The molecule has 2 nitrogen and oxygen atoms in total. The van der Waals surface area contributed by atoms with Crippen molar-refractivity contribution >= 4 is 27.7 Å². The normalized spacial score (nSPS) is 12.5. The number of hydrogen-bond donors (Lipinski definition) is 1. The minimum Gasteiger partial charge on any atom is -0.324 e. The van der Waals surface area contributed by atoms with Crippen molar-refractivity contribution in [3.8, 4) is 0 Å². The third kappa shape index (κ3) is 3.35. The number of halogens is 2. The highest BCUT2D eigenvalue weighted by Crippen LogP contribution is 2.36. The Morgan fingerprint density at radius 2 is 2.16 bits per heavy atom. The summed E-state index contributed by atoms with van der Waals surface area (Å²) in [5.74, 6) is -0.225. The summed E-state index contributed by atoms with van der Waals surface area (Å²) < 4.78 is 14.6. The zero-order valence-corrected chi connectivity index (χ0v) is 13.1. The fourth-order valence-electron chi connectivity index (χ4n) is 1.67. The van der Waals surface area contributed by atoms with Gasteiger partial charge in [0.2, 0.25) is 0 Å². The van der Waals surface area contributed by atoms with E-state index in [0.29, 0.717) is 5.56 Å². The summed E-state index contributed by atoms with van der Waals surface area (Å²) in [5, 5.41) is 0.843. The van der Waals surface area contributed by atoms with Crippen LogP contribution < -0.4 is 5.73 Å². The Kier molecular flexibility index (Phi) is 4.60. The lowest BCUT2D eigenvalue weighted by Crippen LogP contribution is -2.07. The summed E-state index contributed by atoms with van der Waals surface area (Å²) in [5.41, 5.74) is 7.32. The average Bonchev–Trinajstić information content (AvgIpc) is 2.36. The van der Waals surface area contributed by atoms with E-state index in [-0.39, 0.29) is 11.9 Å². The summed E-state index contributed by atoms with van der Waals surface area (Å²) in [6.45, 7) is 3.60. The molecule has 1 aromatic heterocycles. The molecule has 0 saturated heterocycles. The minimum atomic E-state index is -0.225. The minimum absolute atomic E-state index is 0.222. The number of nitrogens with two attached hydrogens (primary N) is 1. The monoisotopic (exact) mass is 340 g/mol. The molecule has 19 heavy (non-hydrogen) atoms. The second-order valence-electron chi connectivity index (χ2n) is 4.32. The Morgan fingerprint density at radius 3 is 2.79 bits per heavy atom. The Morgan fingerprint density at radius 1 is 1.42 bits per heavy atom. The molecule has 0 spiro atoms. The Hall–Kier alpha value is -0.910. The number of aryl methyl sites for hydroxylation is 1. The zero-order valence-electron chi connectivity index (χ0n) is 10.7. The van der Waals surface area contributed by atoms with Crippen molar-refractivity contribution in [1.82, 2.24) is 4.98 Å². The van der Waals surface area contributed by atoms with Crippen molar-refractivity contribution in [2.24, 2.45) is 5.73 Å². The van der Waals surface area contributed by atoms with Gasteiger partial charge in [0.25, 0.3) is 0 Å². The van der Waals surface area contributed by atoms with Gasteiger partial charge in [0.15, 0.2) is 0 Å². The summed E-state index contributed by atoms with van der Waals surface area (Å²) in [4.78, 5) is 5.25. The largest absolute Gasteiger partial charge is 0.324 e. The van der Waals surface area contributed by atoms with Gasteiger partial charge in [-0.1, -0.05) is 11.8 Å². The number of nitrogens with zero attached hydrogens (tertiary/aromatic N) is 1. The third-order valence-corrected chi connectivity index (χ3v) is 4.71. The van der Waals surface area contributed by atoms with Crippen LogP contribution in [0.3, 0.4) is 0 Å². The fourth-order valence-corrected chi connectivity index (χ4v) is 3.25. The molecule has 0 bridgehead atoms. The van der Waals surface area contributed by atoms with Gasteiger partial charge >= 0.3 is 0 Å². The molecule has 0 aliphatic heterocycles. The highest BCUT2D eigenvalue weighted by molar-refractivity contribution is 9.10. The SMILES string of the molecule is Cc1cc(Sc2ncccc2Br)c([C@H](C)N)cc1F. The molecule has 0 radical (unpaired) electrons. The molecule has 2 rings (SSSR count). The maximum Gasteiger partial charge on any atom is 0.126 e. The van der Waals surface area contributed by atoms with Crippen LogP contribution in [0.4, 0.5) is 4.39 Å². The van der Waals surface area contributed by atoms with Crippen molar-refractivity contribution in [1.29, 1.82) is 0 Å². The molecule has 0 amide bonds. The van der Waals surface area contributed by atoms with E-state index >= 15 is 0 Å². The van der Waals surface area contributed by atoms with E-state index in [1.807, 2.05) is 25.1 Å². The number of rotatable bonds is 3. The summed E-state index contributed by atoms with van der Waals surface area (Å²) >= 11 is 4.95. The number of benzene rings is 1. The number of hydrogen-bond acceptors (Lipinski definition) is 3. The smallest absolute Gasteiger partial charge is 0.126 e. The molecule has 0 unspecified atom stereocenters. The Balaban J connectivity index is 2.45. The van der Waals surface area contributed by atoms with Crippen LogP contribution in [0.5, 0.6) is 0 Å². The van der Waals surface area contributed by atoms with Crippen molar-refractivity contribution < 1.29 is 4.39 Å². The first kappa shape index (κ1) is 14.5. The Bertz CT molecular complexity index is 602. The number of aromatic nitrogens is 1. The highest BCUT2D eigenvalue weighted by atomic mass is 79.9. The van der Waals surface area contributed by atoms with Crippen LogP contribution in [-0.2, 0) is 0 Å². The molecular formula is C14H14BrFN2S. The van der Waals surface area contributed by atoms with E-state index in [1.165, 1.54) is 17.8 Å². The molecule has 1 heterocycles. The average molecular weight is 341 g/mol. The molecule has 0 fully saturated rings. The van der Waals surface area contributed by atoms with Crippen LogP contribution in [-0.4, -0.2) is 4.98 Å². The molecule has 0 aliphatic carbocycles. The van der Waals surface area contributed by atoms with Crippen LogP contribution in [0.25, 0.3) is 0 Å². The van der Waals surface area contributed by atoms with Gasteiger partial charge < -0.3 is 5.73 Å². The fraction of sp³-hybridized carbons (Fsp3) is 0.214. The van der Waals surface area contributed by atoms with Gasteiger partial charge in [-0.25, -0.2) is 9.37 Å². The quantitative estimate of drug-likeness (QED) is 0.896. The lowest BCUT2D eigenvalue weighted by Gasteiger charge is -2.14. The van der Waals surface area contributed by atoms with Crippen LogP contribution >= 0.6 is 27.7 Å². The van der Waals surface area contributed by atoms with E-state index in [2.05, 4.69) is 20.9 Å². The van der Waals surface area contributed by atoms with E-state index in [9.17, 15) is 4.39 Å². The van der Waals surface area contributed by atoms with Gasteiger partial charge in [-0.3, -0.25) is 0 Å². The van der Waals surface area contributed by atoms with Gasteiger partial charge in [-0.15, -0.1) is 0 Å². The molecule has 0 aliphatic rings. The maximum absolute atomic E-state index is 13.6. The summed E-state index contributed by atoms with van der Waals surface area (Å²) in [7, 11) is 0. The Labute approximate surface area is 124 Å². The topological polar surface area (TPSA) is 38.9 Å². The van der Waals surface area contributed by atoms with Crippen LogP contribution in [0.2, 0.25) is 0 Å². The lowest BCUT2D eigenvalue weighted by molar-refractivity contribution is 0.610. The lowest BCUT2D eigenvalue weighted by atomic mass is 10.1. The summed E-state index contributed by atoms with van der Waals surface area (Å²) in [6, 6.07) is 6.90. The van der Waals surface area contributed by atoms with Crippen molar-refractivity contribution in [2.75, 3.05) is 0 Å². The van der Waals surface area contributed by atoms with E-state index in [1.54, 1.807) is 13.1 Å². The van der Waals surface area contributed by atoms with E-state index in [0.717, 1.165) is 20.0 Å². The van der Waals surface area contributed by atoms with E-state index in [4.69, 9.17) is 5.73 Å². The predicted octanol–water partition coefficient (Wildman–Crippen LogP) is 4.46. The third-order valence-electron chi connectivity index (χ3n) is 2.71. The van der Waals surface area contributed by atoms with Gasteiger partial charge in [0.1, 0.15) is 10.8 Å². The molecule has 1 aromatic carbocycles. The standard InChI is InChI=1S/C14H14BrFN2S/c1-8-6-13(10(9(2)17)7-12(8)16)19-14-11(15)4-3-5-18-14/h3-7,9H,17H2,1-2H3/t9-/m0/s1. The second kappa shape index (κ2) is 6.03. The van der Waals surface area contributed by atoms with Gasteiger partial charge in [-0.2, -0.15) is 0 Å². The molecule has 2 N–H and O–H groups in total. The molecular weight excluding hydrogens is 327 g/mol. The van der Waals surface area contributed by atoms with Gasteiger partial charge in [-0.05, 0) is 65.2 Å². The van der Waals surface area contributed by atoms with Crippen LogP contribution in [0.1, 0.15) is 24.1 Å². The first-order valence-electron chi connectivity index (χ1n) is 5.83. The first-order chi connectivity index (χ1) is 8.99. The van der Waals surface area contributed by atoms with Crippen LogP contribution in [0, 0.1) is 12.7 Å². The van der Waals surface area contributed by atoms with E-state index < -0.39 is 0 Å². The zero-order chi connectivity index (χ0) is 14.0. The predicted molar refractivity (Wildman–Crippen MR) is 79.8 cm³/mol. The van der Waals surface area contributed by atoms with Gasteiger partial charge in [0, 0.05) is 17.1 Å². The second-order valence-corrected chi connectivity index (χ2v) is 6.21. The molecule has 5 heteroatoms. The number of pyridine rings is 1. The summed E-state index contributed by atoms with van der Waals surface area (Å²) in [6.07, 6.45) is 1.73. The van der Waals surface area contributed by atoms with Crippen molar-refractivity contribution in [3.05, 3.63) is 51.9 Å². The molecule has 2 aromatic rings. The maximum atomic E-state index is 13.6. The first-order valence-corrected chi connectivity index (χ1v) is 7.44. The highest BCUT2D eigenvalue weighted by Gasteiger charge is 2.13. The van der Waals surface area contributed by atoms with Crippen molar-refractivity contribution in [3.63, 3.8) is 0 Å². The molecule has 100 valence electrons. The van der Waals surface area contributed by atoms with Crippen molar-refractivity contribution in [2.45, 2.75) is 29.8 Å². The molecule has 1 atom stereocenters.